The van der Waals surface area contributed by atoms with Gasteiger partial charge in [-0.15, -0.1) is 0 Å². The molecule has 3 rings (SSSR count). The van der Waals surface area contributed by atoms with E-state index in [9.17, 15) is 4.79 Å². The summed E-state index contributed by atoms with van der Waals surface area (Å²) in [4.78, 5) is 14.5. The van der Waals surface area contributed by atoms with Crippen molar-refractivity contribution in [1.82, 2.24) is 5.32 Å². The Morgan fingerprint density at radius 3 is 2.80 bits per heavy atom. The Balaban J connectivity index is 1.61. The Morgan fingerprint density at radius 1 is 1.16 bits per heavy atom. The van der Waals surface area contributed by atoms with E-state index in [1.807, 2.05) is 41.3 Å². The summed E-state index contributed by atoms with van der Waals surface area (Å²) in [6.07, 6.45) is 2.05. The van der Waals surface area contributed by atoms with Crippen LogP contribution in [0.5, 0.6) is 11.5 Å². The lowest BCUT2D eigenvalue weighted by Gasteiger charge is -2.29. The molecule has 0 fully saturated rings. The molecular weight excluding hydrogens is 316 g/mol. The van der Waals surface area contributed by atoms with E-state index in [-0.39, 0.29) is 5.91 Å². The van der Waals surface area contributed by atoms with Gasteiger partial charge < -0.3 is 19.7 Å². The van der Waals surface area contributed by atoms with Crippen LogP contribution in [0.15, 0.2) is 42.5 Å². The highest BCUT2D eigenvalue weighted by molar-refractivity contribution is 5.95. The number of aryl methyl sites for hydroxylation is 1. The van der Waals surface area contributed by atoms with E-state index < -0.39 is 0 Å². The molecule has 2 aromatic carbocycles. The molecule has 0 atom stereocenters. The molecule has 132 valence electrons. The minimum absolute atomic E-state index is 0.0969. The largest absolute Gasteiger partial charge is 0.497 e. The minimum Gasteiger partial charge on any atom is -0.497 e. The van der Waals surface area contributed by atoms with Crippen LogP contribution in [0, 0.1) is 0 Å². The summed E-state index contributed by atoms with van der Waals surface area (Å²) in [6, 6.07) is 13.8. The van der Waals surface area contributed by atoms with Crippen LogP contribution in [-0.4, -0.2) is 33.2 Å². The summed E-state index contributed by atoms with van der Waals surface area (Å²) >= 11 is 0. The lowest BCUT2D eigenvalue weighted by Crippen LogP contribution is -2.41. The van der Waals surface area contributed by atoms with E-state index in [0.29, 0.717) is 13.1 Å². The fraction of sp³-hybridized carbons (Fsp3) is 0.350. The van der Waals surface area contributed by atoms with Crippen LogP contribution in [0.2, 0.25) is 0 Å². The lowest BCUT2D eigenvalue weighted by atomic mass is 10.0. The highest BCUT2D eigenvalue weighted by atomic mass is 16.5. The Morgan fingerprint density at radius 2 is 2.00 bits per heavy atom. The van der Waals surface area contributed by atoms with Gasteiger partial charge in [0.1, 0.15) is 11.5 Å². The fourth-order valence-electron chi connectivity index (χ4n) is 3.19. The van der Waals surface area contributed by atoms with Crippen LogP contribution in [0.4, 0.5) is 5.69 Å². The Hall–Kier alpha value is -2.53. The summed E-state index contributed by atoms with van der Waals surface area (Å²) in [5.41, 5.74) is 3.29. The highest BCUT2D eigenvalue weighted by Crippen LogP contribution is 2.27. The van der Waals surface area contributed by atoms with Gasteiger partial charge in [-0.1, -0.05) is 24.3 Å². The Labute approximate surface area is 148 Å². The number of ether oxygens (including phenoxy) is 2. The molecule has 0 aromatic heterocycles. The van der Waals surface area contributed by atoms with Crippen molar-refractivity contribution in [2.45, 2.75) is 19.4 Å². The second-order valence-corrected chi connectivity index (χ2v) is 6.06. The third-order valence-electron chi connectivity index (χ3n) is 4.50. The number of benzene rings is 2. The van der Waals surface area contributed by atoms with E-state index in [4.69, 9.17) is 9.47 Å². The van der Waals surface area contributed by atoms with Crippen molar-refractivity contribution in [2.24, 2.45) is 0 Å². The number of amides is 1. The maximum absolute atomic E-state index is 12.6. The molecule has 0 saturated carbocycles. The maximum atomic E-state index is 12.6. The number of rotatable bonds is 6. The fourth-order valence-corrected chi connectivity index (χ4v) is 3.19. The molecule has 5 nitrogen and oxygen atoms in total. The molecule has 0 bridgehead atoms. The van der Waals surface area contributed by atoms with Crippen molar-refractivity contribution < 1.29 is 14.3 Å². The van der Waals surface area contributed by atoms with E-state index >= 15 is 0 Å². The van der Waals surface area contributed by atoms with Gasteiger partial charge in [0, 0.05) is 30.4 Å². The first-order chi connectivity index (χ1) is 12.2. The van der Waals surface area contributed by atoms with Crippen molar-refractivity contribution in [3.05, 3.63) is 53.6 Å². The summed E-state index contributed by atoms with van der Waals surface area (Å²) in [5.74, 6) is 1.60. The molecular formula is C20H24N2O3. The summed E-state index contributed by atoms with van der Waals surface area (Å²) in [7, 11) is 3.26. The van der Waals surface area contributed by atoms with Gasteiger partial charge in [-0.3, -0.25) is 4.79 Å². The molecule has 2 aromatic rings. The van der Waals surface area contributed by atoms with E-state index in [0.717, 1.165) is 42.1 Å². The summed E-state index contributed by atoms with van der Waals surface area (Å²) in [5, 5.41) is 3.23. The summed E-state index contributed by atoms with van der Waals surface area (Å²) < 4.78 is 10.6. The van der Waals surface area contributed by atoms with Crippen molar-refractivity contribution in [3.8, 4) is 11.5 Å². The second-order valence-electron chi connectivity index (χ2n) is 6.06. The third-order valence-corrected chi connectivity index (χ3v) is 4.50. The first-order valence-electron chi connectivity index (χ1n) is 8.53. The van der Waals surface area contributed by atoms with Gasteiger partial charge in [0.15, 0.2) is 0 Å². The van der Waals surface area contributed by atoms with Crippen LogP contribution in [-0.2, 0) is 17.8 Å². The monoisotopic (exact) mass is 340 g/mol. The zero-order valence-electron chi connectivity index (χ0n) is 14.7. The van der Waals surface area contributed by atoms with Gasteiger partial charge in [-0.2, -0.15) is 0 Å². The molecule has 1 N–H and O–H groups in total. The Bertz CT molecular complexity index is 745. The quantitative estimate of drug-likeness (QED) is 0.878. The topological polar surface area (TPSA) is 50.8 Å². The smallest absolute Gasteiger partial charge is 0.240 e. The lowest BCUT2D eigenvalue weighted by molar-refractivity contribution is -0.117. The number of nitrogens with one attached hydrogen (secondary N) is 1. The molecule has 1 aliphatic heterocycles. The maximum Gasteiger partial charge on any atom is 0.240 e. The number of anilines is 1. The third kappa shape index (κ3) is 3.94. The molecule has 25 heavy (non-hydrogen) atoms. The van der Waals surface area contributed by atoms with E-state index in [1.54, 1.807) is 14.2 Å². The van der Waals surface area contributed by atoms with E-state index in [2.05, 4.69) is 11.4 Å². The molecule has 1 heterocycles. The number of hydrogen-bond donors (Lipinski definition) is 1. The minimum atomic E-state index is 0.0969. The number of para-hydroxylation sites is 1. The molecule has 0 radical (unpaired) electrons. The number of hydrogen-bond acceptors (Lipinski definition) is 4. The number of fused-ring (bicyclic) bond motifs is 1. The van der Waals surface area contributed by atoms with Gasteiger partial charge in [0.25, 0.3) is 0 Å². The first-order valence-corrected chi connectivity index (χ1v) is 8.53. The predicted octanol–water partition coefficient (Wildman–Crippen LogP) is 2.77. The number of carbonyl (C=O) groups is 1. The number of methoxy groups -OCH3 is 2. The molecule has 0 aliphatic carbocycles. The van der Waals surface area contributed by atoms with Crippen molar-refractivity contribution in [2.75, 3.05) is 32.2 Å². The molecule has 1 amide bonds. The average molecular weight is 340 g/mol. The average Bonchev–Trinajstić information content (AvgIpc) is 2.67. The van der Waals surface area contributed by atoms with Crippen LogP contribution >= 0.6 is 0 Å². The summed E-state index contributed by atoms with van der Waals surface area (Å²) in [6.45, 7) is 1.64. The van der Waals surface area contributed by atoms with Gasteiger partial charge in [0.05, 0.1) is 20.8 Å². The van der Waals surface area contributed by atoms with Crippen molar-refractivity contribution in [1.29, 1.82) is 0 Å². The van der Waals surface area contributed by atoms with Gasteiger partial charge in [-0.05, 0) is 30.5 Å². The zero-order chi connectivity index (χ0) is 17.6. The number of carbonyl (C=O) groups excluding carboxylic acids is 1. The highest BCUT2D eigenvalue weighted by Gasteiger charge is 2.21. The predicted molar refractivity (Wildman–Crippen MR) is 98.4 cm³/mol. The number of nitrogens with zero attached hydrogens (tertiary/aromatic N) is 1. The van der Waals surface area contributed by atoms with Gasteiger partial charge >= 0.3 is 0 Å². The zero-order valence-corrected chi connectivity index (χ0v) is 14.7. The van der Waals surface area contributed by atoms with Crippen molar-refractivity contribution in [3.63, 3.8) is 0 Å². The normalized spacial score (nSPS) is 13.3. The molecule has 0 spiro atoms. The van der Waals surface area contributed by atoms with Gasteiger partial charge in [-0.25, -0.2) is 0 Å². The first kappa shape index (κ1) is 17.3. The SMILES string of the molecule is COc1ccc(CNCC(=O)N2CCCc3ccccc32)c(OC)c1. The second kappa shape index (κ2) is 8.03. The molecule has 5 heteroatoms. The van der Waals surface area contributed by atoms with Crippen molar-refractivity contribution >= 4 is 11.6 Å². The molecule has 0 saturated heterocycles. The van der Waals surface area contributed by atoms with Crippen LogP contribution in [0.25, 0.3) is 0 Å². The van der Waals surface area contributed by atoms with Gasteiger partial charge in [0.2, 0.25) is 5.91 Å². The molecule has 0 unspecified atom stereocenters. The molecule has 1 aliphatic rings. The standard InChI is InChI=1S/C20H24N2O3/c1-24-17-10-9-16(19(12-17)25-2)13-21-14-20(23)22-11-5-7-15-6-3-4-8-18(15)22/h3-4,6,8-10,12,21H,5,7,11,13-14H2,1-2H3. The Kier molecular flexibility index (Phi) is 5.56. The van der Waals surface area contributed by atoms with Crippen LogP contribution in [0.3, 0.4) is 0 Å². The van der Waals surface area contributed by atoms with Crippen LogP contribution < -0.4 is 19.7 Å². The van der Waals surface area contributed by atoms with E-state index in [1.165, 1.54) is 5.56 Å². The van der Waals surface area contributed by atoms with Crippen LogP contribution in [0.1, 0.15) is 17.5 Å².